The number of anilines is 1. The van der Waals surface area contributed by atoms with Crippen LogP contribution in [0.3, 0.4) is 0 Å². The summed E-state index contributed by atoms with van der Waals surface area (Å²) in [5.74, 6) is -0.802. The third-order valence-corrected chi connectivity index (χ3v) is 4.76. The van der Waals surface area contributed by atoms with E-state index in [0.29, 0.717) is 16.3 Å². The van der Waals surface area contributed by atoms with E-state index in [0.717, 1.165) is 32.1 Å². The largest absolute Gasteiger partial charge is 0.481 e. The summed E-state index contributed by atoms with van der Waals surface area (Å²) >= 11 is 6.10. The highest BCUT2D eigenvalue weighted by Gasteiger charge is 2.39. The van der Waals surface area contributed by atoms with Gasteiger partial charge >= 0.3 is 5.97 Å². The number of carboxylic acids is 1. The second-order valence-corrected chi connectivity index (χ2v) is 6.07. The van der Waals surface area contributed by atoms with Crippen molar-refractivity contribution in [3.63, 3.8) is 0 Å². The van der Waals surface area contributed by atoms with E-state index in [4.69, 9.17) is 11.6 Å². The van der Waals surface area contributed by atoms with Gasteiger partial charge in [-0.3, -0.25) is 4.79 Å². The smallest absolute Gasteiger partial charge is 0.305 e. The van der Waals surface area contributed by atoms with Crippen molar-refractivity contribution in [2.75, 3.05) is 11.9 Å². The maximum absolute atomic E-state index is 11.3. The lowest BCUT2D eigenvalue weighted by Gasteiger charge is -2.45. The van der Waals surface area contributed by atoms with Gasteiger partial charge in [0, 0.05) is 7.05 Å². The maximum Gasteiger partial charge on any atom is 0.305 e. The van der Waals surface area contributed by atoms with Crippen LogP contribution in [-0.2, 0) is 4.79 Å². The summed E-state index contributed by atoms with van der Waals surface area (Å²) in [6.45, 7) is 0. The van der Waals surface area contributed by atoms with Crippen LogP contribution in [0.2, 0.25) is 5.02 Å². The van der Waals surface area contributed by atoms with E-state index in [2.05, 4.69) is 6.07 Å². The minimum Gasteiger partial charge on any atom is -0.481 e. The molecule has 0 unspecified atom stereocenters. The van der Waals surface area contributed by atoms with Crippen molar-refractivity contribution in [2.45, 2.75) is 44.1 Å². The van der Waals surface area contributed by atoms with Crippen LogP contribution in [0.1, 0.15) is 44.1 Å². The van der Waals surface area contributed by atoms with Gasteiger partial charge in [0.2, 0.25) is 0 Å². The molecule has 0 aromatic heterocycles. The number of carboxylic acid groups (broad SMARTS) is 1. The SMILES string of the molecule is CN(c1cccc(Cl)c1C#N)C1(CC(=O)O)CCCCC1. The van der Waals surface area contributed by atoms with E-state index in [9.17, 15) is 15.2 Å². The van der Waals surface area contributed by atoms with Crippen molar-refractivity contribution in [3.05, 3.63) is 28.8 Å². The minimum absolute atomic E-state index is 0.0842. The Morgan fingerprint density at radius 3 is 2.67 bits per heavy atom. The van der Waals surface area contributed by atoms with E-state index in [1.807, 2.05) is 18.0 Å². The molecular weight excluding hydrogens is 288 g/mol. The first kappa shape index (κ1) is 15.7. The first-order chi connectivity index (χ1) is 10.00. The van der Waals surface area contributed by atoms with E-state index < -0.39 is 11.5 Å². The predicted octanol–water partition coefficient (Wildman–Crippen LogP) is 3.83. The van der Waals surface area contributed by atoms with Crippen molar-refractivity contribution in [2.24, 2.45) is 0 Å². The Bertz CT molecular complexity index is 574. The quantitative estimate of drug-likeness (QED) is 0.918. The molecular formula is C16H19ClN2O2. The summed E-state index contributed by atoms with van der Waals surface area (Å²) in [6.07, 6.45) is 4.90. The molecule has 1 fully saturated rings. The first-order valence-electron chi connectivity index (χ1n) is 7.14. The summed E-state index contributed by atoms with van der Waals surface area (Å²) in [7, 11) is 1.88. The molecule has 5 heteroatoms. The minimum atomic E-state index is -0.802. The molecule has 1 aliphatic carbocycles. The van der Waals surface area contributed by atoms with Crippen molar-refractivity contribution in [1.29, 1.82) is 5.26 Å². The Balaban J connectivity index is 2.43. The number of hydrogen-bond donors (Lipinski definition) is 1. The van der Waals surface area contributed by atoms with Gasteiger partial charge in [-0.2, -0.15) is 5.26 Å². The van der Waals surface area contributed by atoms with Crippen LogP contribution in [0, 0.1) is 11.3 Å². The maximum atomic E-state index is 11.3. The molecule has 2 rings (SSSR count). The molecule has 1 aromatic rings. The number of halogens is 1. The average Bonchev–Trinajstić information content (AvgIpc) is 2.46. The van der Waals surface area contributed by atoms with Crippen molar-refractivity contribution >= 4 is 23.3 Å². The van der Waals surface area contributed by atoms with Crippen LogP contribution in [0.25, 0.3) is 0 Å². The van der Waals surface area contributed by atoms with Gasteiger partial charge in [0.05, 0.1) is 28.2 Å². The highest BCUT2D eigenvalue weighted by Crippen LogP contribution is 2.40. The Morgan fingerprint density at radius 1 is 1.43 bits per heavy atom. The van der Waals surface area contributed by atoms with Gasteiger partial charge in [-0.05, 0) is 25.0 Å². The second kappa shape index (κ2) is 6.36. The molecule has 21 heavy (non-hydrogen) atoms. The Kier molecular flexibility index (Phi) is 4.74. The highest BCUT2D eigenvalue weighted by molar-refractivity contribution is 6.32. The Morgan fingerprint density at radius 2 is 2.10 bits per heavy atom. The number of carbonyl (C=O) groups is 1. The predicted molar refractivity (Wildman–Crippen MR) is 82.6 cm³/mol. The molecule has 0 spiro atoms. The molecule has 0 amide bonds. The van der Waals surface area contributed by atoms with Crippen LogP contribution in [0.4, 0.5) is 5.69 Å². The number of hydrogen-bond acceptors (Lipinski definition) is 3. The fourth-order valence-corrected chi connectivity index (χ4v) is 3.49. The zero-order chi connectivity index (χ0) is 15.5. The van der Waals surface area contributed by atoms with Gasteiger partial charge in [0.15, 0.2) is 0 Å². The molecule has 1 aliphatic rings. The van der Waals surface area contributed by atoms with E-state index in [1.165, 1.54) is 0 Å². The highest BCUT2D eigenvalue weighted by atomic mass is 35.5. The van der Waals surface area contributed by atoms with E-state index in [1.54, 1.807) is 12.1 Å². The molecule has 0 heterocycles. The lowest BCUT2D eigenvalue weighted by Crippen LogP contribution is -2.50. The Hall–Kier alpha value is -1.73. The third-order valence-electron chi connectivity index (χ3n) is 4.44. The summed E-state index contributed by atoms with van der Waals surface area (Å²) in [6, 6.07) is 7.45. The molecule has 112 valence electrons. The summed E-state index contributed by atoms with van der Waals surface area (Å²) in [5.41, 5.74) is 0.700. The summed E-state index contributed by atoms with van der Waals surface area (Å²) in [5, 5.41) is 19.0. The third kappa shape index (κ3) is 3.14. The van der Waals surface area contributed by atoms with Gasteiger partial charge in [0.1, 0.15) is 6.07 Å². The normalized spacial score (nSPS) is 17.0. The number of nitriles is 1. The zero-order valence-electron chi connectivity index (χ0n) is 12.1. The monoisotopic (exact) mass is 306 g/mol. The molecule has 4 nitrogen and oxygen atoms in total. The molecule has 0 saturated heterocycles. The van der Waals surface area contributed by atoms with Gasteiger partial charge in [0.25, 0.3) is 0 Å². The van der Waals surface area contributed by atoms with E-state index >= 15 is 0 Å². The number of benzene rings is 1. The number of nitrogens with zero attached hydrogens (tertiary/aromatic N) is 2. The van der Waals surface area contributed by atoms with Crippen molar-refractivity contribution in [3.8, 4) is 6.07 Å². The van der Waals surface area contributed by atoms with Gasteiger partial charge in [-0.25, -0.2) is 0 Å². The molecule has 1 saturated carbocycles. The van der Waals surface area contributed by atoms with Crippen LogP contribution in [0.5, 0.6) is 0 Å². The van der Waals surface area contributed by atoms with Crippen molar-refractivity contribution in [1.82, 2.24) is 0 Å². The summed E-state index contributed by atoms with van der Waals surface area (Å²) < 4.78 is 0. The molecule has 0 bridgehead atoms. The van der Waals surface area contributed by atoms with Crippen LogP contribution in [0.15, 0.2) is 18.2 Å². The molecule has 0 aliphatic heterocycles. The number of rotatable bonds is 4. The van der Waals surface area contributed by atoms with E-state index in [-0.39, 0.29) is 6.42 Å². The van der Waals surface area contributed by atoms with Gasteiger partial charge in [-0.15, -0.1) is 0 Å². The molecule has 1 N–H and O–H groups in total. The molecule has 0 atom stereocenters. The fraction of sp³-hybridized carbons (Fsp3) is 0.500. The lowest BCUT2D eigenvalue weighted by atomic mass is 9.77. The zero-order valence-corrected chi connectivity index (χ0v) is 12.9. The summed E-state index contributed by atoms with van der Waals surface area (Å²) in [4.78, 5) is 13.3. The van der Waals surface area contributed by atoms with Crippen LogP contribution in [-0.4, -0.2) is 23.7 Å². The number of aliphatic carboxylic acids is 1. The molecule has 0 radical (unpaired) electrons. The first-order valence-corrected chi connectivity index (χ1v) is 7.52. The standard InChI is InChI=1S/C16H19ClN2O2/c1-19(14-7-5-6-13(17)12(14)11-18)16(10-15(20)21)8-3-2-4-9-16/h5-7H,2-4,8-10H2,1H3,(H,20,21). The van der Waals surface area contributed by atoms with Crippen LogP contribution < -0.4 is 4.90 Å². The second-order valence-electron chi connectivity index (χ2n) is 5.66. The van der Waals surface area contributed by atoms with Gasteiger partial charge in [-0.1, -0.05) is 36.9 Å². The average molecular weight is 307 g/mol. The topological polar surface area (TPSA) is 64.3 Å². The van der Waals surface area contributed by atoms with Crippen molar-refractivity contribution < 1.29 is 9.90 Å². The van der Waals surface area contributed by atoms with Crippen LogP contribution >= 0.6 is 11.6 Å². The Labute approximate surface area is 129 Å². The van der Waals surface area contributed by atoms with Gasteiger partial charge < -0.3 is 10.0 Å². The lowest BCUT2D eigenvalue weighted by molar-refractivity contribution is -0.138. The molecule has 1 aromatic carbocycles. The fourth-order valence-electron chi connectivity index (χ4n) is 3.28.